The molecule has 0 radical (unpaired) electrons. The lowest BCUT2D eigenvalue weighted by molar-refractivity contribution is 0.110. The van der Waals surface area contributed by atoms with E-state index in [0.29, 0.717) is 5.41 Å². The Balaban J connectivity index is 1.76. The summed E-state index contributed by atoms with van der Waals surface area (Å²) in [6.07, 6.45) is 5.20. The van der Waals surface area contributed by atoms with Gasteiger partial charge in [0, 0.05) is 13.2 Å². The zero-order chi connectivity index (χ0) is 13.3. The van der Waals surface area contributed by atoms with Crippen LogP contribution in [0.25, 0.3) is 0 Å². The van der Waals surface area contributed by atoms with Crippen molar-refractivity contribution in [2.24, 2.45) is 5.41 Å². The van der Waals surface area contributed by atoms with Crippen molar-refractivity contribution in [2.45, 2.75) is 46.5 Å². The third-order valence-electron chi connectivity index (χ3n) is 3.45. The molecule has 0 aromatic carbocycles. The van der Waals surface area contributed by atoms with E-state index >= 15 is 0 Å². The maximum atomic E-state index is 5.62. The minimum absolute atomic E-state index is 0.392. The maximum absolute atomic E-state index is 5.62. The summed E-state index contributed by atoms with van der Waals surface area (Å²) in [7, 11) is 0. The van der Waals surface area contributed by atoms with Crippen molar-refractivity contribution in [1.29, 1.82) is 0 Å². The van der Waals surface area contributed by atoms with E-state index < -0.39 is 0 Å². The molecule has 1 N–H and O–H groups in total. The Kier molecular flexibility index (Phi) is 7.87. The molecule has 1 saturated heterocycles. The highest BCUT2D eigenvalue weighted by Crippen LogP contribution is 2.17. The van der Waals surface area contributed by atoms with Gasteiger partial charge in [-0.15, -0.1) is 0 Å². The van der Waals surface area contributed by atoms with Gasteiger partial charge in [0.2, 0.25) is 0 Å². The zero-order valence-electron chi connectivity index (χ0n) is 12.6. The summed E-state index contributed by atoms with van der Waals surface area (Å²) >= 11 is 0. The van der Waals surface area contributed by atoms with E-state index in [1.54, 1.807) is 0 Å². The third-order valence-corrected chi connectivity index (χ3v) is 3.45. The lowest BCUT2D eigenvalue weighted by Crippen LogP contribution is -2.26. The summed E-state index contributed by atoms with van der Waals surface area (Å²) in [6, 6.07) is 0. The molecule has 1 aliphatic rings. The summed E-state index contributed by atoms with van der Waals surface area (Å²) in [4.78, 5) is 2.57. The molecule has 1 fully saturated rings. The maximum Gasteiger partial charge on any atom is 0.0590 e. The van der Waals surface area contributed by atoms with E-state index in [2.05, 4.69) is 31.0 Å². The Hall–Kier alpha value is -0.120. The van der Waals surface area contributed by atoms with Gasteiger partial charge in [0.25, 0.3) is 0 Å². The number of likely N-dealkylation sites (tertiary alicyclic amines) is 1. The van der Waals surface area contributed by atoms with Crippen LogP contribution in [0, 0.1) is 5.41 Å². The molecule has 0 unspecified atom stereocenters. The third kappa shape index (κ3) is 8.90. The molecule has 108 valence electrons. The molecule has 0 spiro atoms. The summed E-state index contributed by atoms with van der Waals surface area (Å²) in [5.74, 6) is 0. The van der Waals surface area contributed by atoms with Gasteiger partial charge < -0.3 is 15.0 Å². The average Bonchev–Trinajstić information content (AvgIpc) is 2.78. The monoisotopic (exact) mass is 256 g/mol. The minimum atomic E-state index is 0.392. The second kappa shape index (κ2) is 8.89. The largest absolute Gasteiger partial charge is 0.380 e. The van der Waals surface area contributed by atoms with E-state index in [1.165, 1.54) is 38.9 Å². The number of rotatable bonds is 9. The Labute approximate surface area is 113 Å². The summed E-state index contributed by atoms with van der Waals surface area (Å²) in [5.41, 5.74) is 0.392. The van der Waals surface area contributed by atoms with Crippen LogP contribution in [0.15, 0.2) is 0 Å². The van der Waals surface area contributed by atoms with Crippen LogP contribution in [0.2, 0.25) is 0 Å². The van der Waals surface area contributed by atoms with Gasteiger partial charge in [-0.05, 0) is 57.3 Å². The molecule has 1 rings (SSSR count). The van der Waals surface area contributed by atoms with Crippen molar-refractivity contribution in [3.63, 3.8) is 0 Å². The lowest BCUT2D eigenvalue weighted by Gasteiger charge is -2.17. The summed E-state index contributed by atoms with van der Waals surface area (Å²) in [6.45, 7) is 14.5. The zero-order valence-corrected chi connectivity index (χ0v) is 12.6. The molecule has 3 nitrogen and oxygen atoms in total. The molecule has 0 aliphatic carbocycles. The van der Waals surface area contributed by atoms with Crippen LogP contribution in [-0.4, -0.2) is 50.8 Å². The SMILES string of the molecule is CC(C)(C)CCOCCNCCCN1CCCC1. The van der Waals surface area contributed by atoms with Gasteiger partial charge in [-0.2, -0.15) is 0 Å². The Bertz CT molecular complexity index is 195. The smallest absolute Gasteiger partial charge is 0.0590 e. The van der Waals surface area contributed by atoms with Gasteiger partial charge in [-0.3, -0.25) is 0 Å². The average molecular weight is 256 g/mol. The topological polar surface area (TPSA) is 24.5 Å². The van der Waals surface area contributed by atoms with E-state index in [4.69, 9.17) is 4.74 Å². The van der Waals surface area contributed by atoms with E-state index in [0.717, 1.165) is 32.7 Å². The predicted octanol–water partition coefficient (Wildman–Crippen LogP) is 2.51. The molecule has 0 atom stereocenters. The van der Waals surface area contributed by atoms with Crippen molar-refractivity contribution in [3.05, 3.63) is 0 Å². The lowest BCUT2D eigenvalue weighted by atomic mass is 9.93. The van der Waals surface area contributed by atoms with Crippen LogP contribution in [0.3, 0.4) is 0 Å². The van der Waals surface area contributed by atoms with Crippen molar-refractivity contribution in [3.8, 4) is 0 Å². The van der Waals surface area contributed by atoms with Crippen molar-refractivity contribution in [1.82, 2.24) is 10.2 Å². The molecule has 3 heteroatoms. The first-order valence-corrected chi connectivity index (χ1v) is 7.59. The summed E-state index contributed by atoms with van der Waals surface area (Å²) < 4.78 is 5.62. The molecular formula is C15H32N2O. The quantitative estimate of drug-likeness (QED) is 0.642. The van der Waals surface area contributed by atoms with Crippen LogP contribution < -0.4 is 5.32 Å². The molecule has 0 bridgehead atoms. The molecule has 0 aromatic heterocycles. The number of nitrogens with one attached hydrogen (secondary N) is 1. The minimum Gasteiger partial charge on any atom is -0.380 e. The fourth-order valence-corrected chi connectivity index (χ4v) is 2.18. The number of nitrogens with zero attached hydrogens (tertiary/aromatic N) is 1. The highest BCUT2D eigenvalue weighted by Gasteiger charge is 2.10. The van der Waals surface area contributed by atoms with Crippen molar-refractivity contribution >= 4 is 0 Å². The number of hydrogen-bond acceptors (Lipinski definition) is 3. The van der Waals surface area contributed by atoms with E-state index in [9.17, 15) is 0 Å². The molecule has 0 saturated carbocycles. The van der Waals surface area contributed by atoms with Crippen molar-refractivity contribution < 1.29 is 4.74 Å². The van der Waals surface area contributed by atoms with Crippen molar-refractivity contribution in [2.75, 3.05) is 45.9 Å². The van der Waals surface area contributed by atoms with Gasteiger partial charge in [0.15, 0.2) is 0 Å². The van der Waals surface area contributed by atoms with Gasteiger partial charge in [-0.1, -0.05) is 20.8 Å². The molecule has 0 amide bonds. The highest BCUT2D eigenvalue weighted by atomic mass is 16.5. The predicted molar refractivity (Wildman–Crippen MR) is 78.1 cm³/mol. The standard InChI is InChI=1S/C15H32N2O/c1-15(2,3)7-13-18-14-9-16-8-6-12-17-10-4-5-11-17/h16H,4-14H2,1-3H3. The van der Waals surface area contributed by atoms with Crippen LogP contribution in [0.5, 0.6) is 0 Å². The van der Waals surface area contributed by atoms with Crippen LogP contribution in [-0.2, 0) is 4.74 Å². The highest BCUT2D eigenvalue weighted by molar-refractivity contribution is 4.66. The van der Waals surface area contributed by atoms with E-state index in [1.807, 2.05) is 0 Å². The number of hydrogen-bond donors (Lipinski definition) is 1. The second-order valence-electron chi connectivity index (χ2n) is 6.58. The molecule has 1 aliphatic heterocycles. The fraction of sp³-hybridized carbons (Fsp3) is 1.00. The van der Waals surface area contributed by atoms with E-state index in [-0.39, 0.29) is 0 Å². The molecule has 1 heterocycles. The second-order valence-corrected chi connectivity index (χ2v) is 6.58. The first-order valence-electron chi connectivity index (χ1n) is 7.59. The Morgan fingerprint density at radius 3 is 2.44 bits per heavy atom. The van der Waals surface area contributed by atoms with Gasteiger partial charge in [0.05, 0.1) is 6.61 Å². The first kappa shape index (κ1) is 15.9. The Morgan fingerprint density at radius 2 is 1.78 bits per heavy atom. The fourth-order valence-electron chi connectivity index (χ4n) is 2.18. The first-order chi connectivity index (χ1) is 8.58. The normalized spacial score (nSPS) is 17.5. The Morgan fingerprint density at radius 1 is 1.06 bits per heavy atom. The molecule has 0 aromatic rings. The molecule has 18 heavy (non-hydrogen) atoms. The van der Waals surface area contributed by atoms with Crippen LogP contribution in [0.1, 0.15) is 46.5 Å². The van der Waals surface area contributed by atoms with Gasteiger partial charge >= 0.3 is 0 Å². The van der Waals surface area contributed by atoms with Gasteiger partial charge in [0.1, 0.15) is 0 Å². The van der Waals surface area contributed by atoms with Crippen LogP contribution in [0.4, 0.5) is 0 Å². The summed E-state index contributed by atoms with van der Waals surface area (Å²) in [5, 5.41) is 3.46. The number of ether oxygens (including phenoxy) is 1. The van der Waals surface area contributed by atoms with Crippen LogP contribution >= 0.6 is 0 Å². The van der Waals surface area contributed by atoms with Gasteiger partial charge in [-0.25, -0.2) is 0 Å². The molecular weight excluding hydrogens is 224 g/mol.